The topological polar surface area (TPSA) is 59.3 Å². The lowest BCUT2D eigenvalue weighted by atomic mass is 10.1. The largest absolute Gasteiger partial charge is 0.486 e. The molecule has 4 nitrogen and oxygen atoms in total. The molecule has 0 radical (unpaired) electrons. The number of rotatable bonds is 2. The minimum Gasteiger partial charge on any atom is -0.486 e. The van der Waals surface area contributed by atoms with E-state index in [9.17, 15) is 4.79 Å². The standard InChI is InChI=1S/C11H8ClNO3/c12-9-5-7(6-14)10-11(8(9)1-2-13)16-4-3-15-10/h5-6H,1,3-4H2. The molecule has 0 N–H and O–H groups in total. The van der Waals surface area contributed by atoms with Gasteiger partial charge in [0.2, 0.25) is 0 Å². The van der Waals surface area contributed by atoms with Gasteiger partial charge >= 0.3 is 0 Å². The molecule has 1 aliphatic rings. The lowest BCUT2D eigenvalue weighted by molar-refractivity contribution is 0.111. The molecule has 16 heavy (non-hydrogen) atoms. The summed E-state index contributed by atoms with van der Waals surface area (Å²) in [5.41, 5.74) is 0.922. The van der Waals surface area contributed by atoms with E-state index in [1.165, 1.54) is 6.07 Å². The molecule has 0 bridgehead atoms. The van der Waals surface area contributed by atoms with E-state index in [0.717, 1.165) is 0 Å². The van der Waals surface area contributed by atoms with Crippen molar-refractivity contribution in [3.63, 3.8) is 0 Å². The Morgan fingerprint density at radius 3 is 2.75 bits per heavy atom. The number of benzene rings is 1. The van der Waals surface area contributed by atoms with Gasteiger partial charge in [-0.05, 0) is 6.07 Å². The van der Waals surface area contributed by atoms with E-state index in [4.69, 9.17) is 26.3 Å². The van der Waals surface area contributed by atoms with Crippen LogP contribution in [0.3, 0.4) is 0 Å². The van der Waals surface area contributed by atoms with Crippen LogP contribution in [0.2, 0.25) is 5.02 Å². The maximum atomic E-state index is 10.8. The molecular formula is C11H8ClNO3. The van der Waals surface area contributed by atoms with Crippen LogP contribution in [0, 0.1) is 11.3 Å². The summed E-state index contributed by atoms with van der Waals surface area (Å²) in [6.45, 7) is 0.783. The normalized spacial score (nSPS) is 13.0. The van der Waals surface area contributed by atoms with Crippen molar-refractivity contribution in [2.24, 2.45) is 0 Å². The number of hydrogen-bond acceptors (Lipinski definition) is 4. The van der Waals surface area contributed by atoms with Crippen molar-refractivity contribution in [2.45, 2.75) is 6.42 Å². The van der Waals surface area contributed by atoms with Crippen LogP contribution in [0.15, 0.2) is 6.07 Å². The van der Waals surface area contributed by atoms with Crippen LogP contribution in [0.1, 0.15) is 15.9 Å². The van der Waals surface area contributed by atoms with Crippen molar-refractivity contribution in [3.8, 4) is 17.6 Å². The van der Waals surface area contributed by atoms with Crippen LogP contribution in [-0.4, -0.2) is 19.5 Å². The Bertz CT molecular complexity index is 479. The van der Waals surface area contributed by atoms with Gasteiger partial charge in [-0.3, -0.25) is 4.79 Å². The Morgan fingerprint density at radius 1 is 1.44 bits per heavy atom. The van der Waals surface area contributed by atoms with E-state index in [1.54, 1.807) is 0 Å². The highest BCUT2D eigenvalue weighted by molar-refractivity contribution is 6.32. The van der Waals surface area contributed by atoms with E-state index in [-0.39, 0.29) is 6.42 Å². The van der Waals surface area contributed by atoms with Gasteiger partial charge in [-0.2, -0.15) is 5.26 Å². The van der Waals surface area contributed by atoms with E-state index in [0.29, 0.717) is 47.1 Å². The zero-order chi connectivity index (χ0) is 11.5. The Balaban J connectivity index is 2.63. The Labute approximate surface area is 97.3 Å². The molecule has 0 amide bonds. The molecule has 0 aliphatic carbocycles. The summed E-state index contributed by atoms with van der Waals surface area (Å²) >= 11 is 5.98. The van der Waals surface area contributed by atoms with Crippen LogP contribution in [0.4, 0.5) is 0 Å². The number of ether oxygens (including phenoxy) is 2. The van der Waals surface area contributed by atoms with Gasteiger partial charge in [-0.1, -0.05) is 11.6 Å². The Hall–Kier alpha value is -1.73. The summed E-state index contributed by atoms with van der Waals surface area (Å²) in [5, 5.41) is 9.05. The minimum atomic E-state index is 0.129. The van der Waals surface area contributed by atoms with Gasteiger partial charge in [-0.15, -0.1) is 0 Å². The number of nitrogens with zero attached hydrogens (tertiary/aromatic N) is 1. The van der Waals surface area contributed by atoms with Crippen molar-refractivity contribution in [1.82, 2.24) is 0 Å². The van der Waals surface area contributed by atoms with E-state index < -0.39 is 0 Å². The summed E-state index contributed by atoms with van der Waals surface area (Å²) in [6.07, 6.45) is 0.791. The highest BCUT2D eigenvalue weighted by atomic mass is 35.5. The smallest absolute Gasteiger partial charge is 0.172 e. The zero-order valence-corrected chi connectivity index (χ0v) is 9.08. The number of carbonyl (C=O) groups is 1. The predicted molar refractivity (Wildman–Crippen MR) is 57.1 cm³/mol. The molecule has 82 valence electrons. The first-order chi connectivity index (χ1) is 7.77. The van der Waals surface area contributed by atoms with Crippen LogP contribution in [-0.2, 0) is 6.42 Å². The average Bonchev–Trinajstić information content (AvgIpc) is 2.32. The molecule has 0 saturated carbocycles. The molecule has 0 saturated heterocycles. The van der Waals surface area contributed by atoms with Gasteiger partial charge in [0.25, 0.3) is 0 Å². The number of carbonyl (C=O) groups excluding carboxylic acids is 1. The maximum absolute atomic E-state index is 10.8. The second-order valence-corrected chi connectivity index (χ2v) is 3.64. The second-order valence-electron chi connectivity index (χ2n) is 3.23. The van der Waals surface area contributed by atoms with Crippen molar-refractivity contribution in [2.75, 3.05) is 13.2 Å². The number of fused-ring (bicyclic) bond motifs is 1. The lowest BCUT2D eigenvalue weighted by Crippen LogP contribution is -2.18. The molecule has 1 heterocycles. The van der Waals surface area contributed by atoms with Gasteiger partial charge in [0, 0.05) is 10.6 Å². The number of nitriles is 1. The fourth-order valence-electron chi connectivity index (χ4n) is 1.59. The van der Waals surface area contributed by atoms with E-state index in [2.05, 4.69) is 0 Å². The summed E-state index contributed by atoms with van der Waals surface area (Å²) in [6, 6.07) is 3.50. The maximum Gasteiger partial charge on any atom is 0.172 e. The first-order valence-electron chi connectivity index (χ1n) is 4.71. The predicted octanol–water partition coefficient (Wildman–Crippen LogP) is 1.99. The first kappa shape index (κ1) is 10.8. The van der Waals surface area contributed by atoms with Crippen molar-refractivity contribution in [3.05, 3.63) is 22.2 Å². The van der Waals surface area contributed by atoms with Crippen molar-refractivity contribution in [1.29, 1.82) is 5.26 Å². The summed E-state index contributed by atoms with van der Waals surface area (Å²) in [4.78, 5) is 10.8. The molecule has 1 aliphatic heterocycles. The first-order valence-corrected chi connectivity index (χ1v) is 5.08. The minimum absolute atomic E-state index is 0.129. The molecule has 0 unspecified atom stereocenters. The SMILES string of the molecule is N#CCc1c(Cl)cc(C=O)c2c1OCCO2. The number of halogens is 1. The van der Waals surface area contributed by atoms with Crippen molar-refractivity contribution < 1.29 is 14.3 Å². The molecule has 0 atom stereocenters. The Morgan fingerprint density at radius 2 is 2.12 bits per heavy atom. The van der Waals surface area contributed by atoms with Crippen LogP contribution in [0.5, 0.6) is 11.5 Å². The van der Waals surface area contributed by atoms with E-state index in [1.807, 2.05) is 6.07 Å². The fourth-order valence-corrected chi connectivity index (χ4v) is 1.86. The highest BCUT2D eigenvalue weighted by Gasteiger charge is 2.22. The quantitative estimate of drug-likeness (QED) is 0.738. The van der Waals surface area contributed by atoms with Gasteiger partial charge in [-0.25, -0.2) is 0 Å². The van der Waals surface area contributed by atoms with Crippen LogP contribution >= 0.6 is 11.6 Å². The summed E-state index contributed by atoms with van der Waals surface area (Å²) in [5.74, 6) is 0.804. The fraction of sp³-hybridized carbons (Fsp3) is 0.273. The van der Waals surface area contributed by atoms with Gasteiger partial charge in [0.15, 0.2) is 17.8 Å². The van der Waals surface area contributed by atoms with Crippen LogP contribution in [0.25, 0.3) is 0 Å². The summed E-state index contributed by atoms with van der Waals surface area (Å²) < 4.78 is 10.8. The number of hydrogen-bond donors (Lipinski definition) is 0. The third-order valence-corrected chi connectivity index (χ3v) is 2.61. The summed E-state index contributed by atoms with van der Waals surface area (Å²) in [7, 11) is 0. The second kappa shape index (κ2) is 4.42. The molecular weight excluding hydrogens is 230 g/mol. The highest BCUT2D eigenvalue weighted by Crippen LogP contribution is 2.40. The number of aldehydes is 1. The Kier molecular flexibility index (Phi) is 2.97. The molecule has 0 fully saturated rings. The molecule has 5 heteroatoms. The third kappa shape index (κ3) is 1.70. The third-order valence-electron chi connectivity index (χ3n) is 2.27. The monoisotopic (exact) mass is 237 g/mol. The molecule has 1 aromatic carbocycles. The van der Waals surface area contributed by atoms with Crippen molar-refractivity contribution >= 4 is 17.9 Å². The van der Waals surface area contributed by atoms with Crippen LogP contribution < -0.4 is 9.47 Å². The van der Waals surface area contributed by atoms with Gasteiger partial charge in [0.1, 0.15) is 13.2 Å². The van der Waals surface area contributed by atoms with E-state index >= 15 is 0 Å². The molecule has 1 aromatic rings. The molecule has 2 rings (SSSR count). The average molecular weight is 238 g/mol. The molecule has 0 spiro atoms. The molecule has 0 aromatic heterocycles. The zero-order valence-electron chi connectivity index (χ0n) is 8.33. The lowest BCUT2D eigenvalue weighted by Gasteiger charge is -2.22. The van der Waals surface area contributed by atoms with Gasteiger partial charge < -0.3 is 9.47 Å². The van der Waals surface area contributed by atoms with Gasteiger partial charge in [0.05, 0.1) is 18.1 Å².